The molecular formula is C116H82Br2N2O3. The van der Waals surface area contributed by atoms with Crippen molar-refractivity contribution in [3.8, 4) is 44.5 Å². The zero-order valence-corrected chi connectivity index (χ0v) is 69.6. The van der Waals surface area contributed by atoms with Gasteiger partial charge in [0, 0.05) is 75.2 Å². The fourth-order valence-electron chi connectivity index (χ4n) is 17.1. The molecule has 0 aliphatic carbocycles. The van der Waals surface area contributed by atoms with Gasteiger partial charge in [-0.3, -0.25) is 0 Å². The number of para-hydroxylation sites is 3. The number of benzene rings is 21. The molecule has 0 aliphatic rings. The molecule has 0 bridgehead atoms. The maximum Gasteiger partial charge on any atom is 0.137 e. The summed E-state index contributed by atoms with van der Waals surface area (Å²) in [6.45, 7) is 0. The molecule has 588 valence electrons. The summed E-state index contributed by atoms with van der Waals surface area (Å²) in [5.41, 5.74) is 28.1. The van der Waals surface area contributed by atoms with Gasteiger partial charge in [-0.1, -0.05) is 391 Å². The molecule has 3 heterocycles. The molecule has 0 aliphatic heterocycles. The maximum atomic E-state index is 6.36. The standard InChI is InChI=1S/C44H29NO.C27H18O.C18H13Br.C14H11N.C12H7BrO.CH4/c1-2-10-30(11-3-1)31-18-20-32(21-19-31)33-22-24-35(25-23-33)45(36-26-27-41-40-16-8-9-17-43(40)46-44(41)29-36)42-28-34-12-4-5-13-37(34)38-14-6-7-15-39(38)42;1-2-8-21-19(7-1)17-20(22-9-3-4-10-23(21)22)15-18-13-14-25-24-11-5-6-12-26(24)28-27(25)16-18;19-18-12-10-17(11-13-18)16-8-6-15(7-9-16)14-4-2-1-3-5-14;15-14-9-10-5-1-2-6-11(10)12-7-3-4-8-13(12)14;13-8-5-6-10-9-3-1-2-4-11(9)14-12(10)7-8;/h1-29H;1-14,16-17H,15H2;1-13H;1-9H,15H2;1-7H;1H4. The van der Waals surface area contributed by atoms with Crippen molar-refractivity contribution >= 4 is 185 Å². The number of nitrogens with zero attached hydrogens (tertiary/aromatic N) is 1. The van der Waals surface area contributed by atoms with E-state index >= 15 is 0 Å². The van der Waals surface area contributed by atoms with Gasteiger partial charge in [-0.25, -0.2) is 0 Å². The molecule has 3 aromatic heterocycles. The molecule has 0 spiro atoms. The van der Waals surface area contributed by atoms with E-state index < -0.39 is 0 Å². The van der Waals surface area contributed by atoms with Gasteiger partial charge < -0.3 is 23.9 Å². The fourth-order valence-corrected chi connectivity index (χ4v) is 17.7. The van der Waals surface area contributed by atoms with Crippen LogP contribution in [0, 0.1) is 0 Å². The largest absolute Gasteiger partial charge is 0.456 e. The first-order chi connectivity index (χ1) is 60.2. The second-order valence-electron chi connectivity index (χ2n) is 30.6. The van der Waals surface area contributed by atoms with Crippen LogP contribution >= 0.6 is 31.9 Å². The van der Waals surface area contributed by atoms with Crippen molar-refractivity contribution in [2.75, 3.05) is 10.6 Å². The fraction of sp³-hybridized carbons (Fsp3) is 0.0172. The highest BCUT2D eigenvalue weighted by Crippen LogP contribution is 2.45. The molecule has 0 unspecified atom stereocenters. The van der Waals surface area contributed by atoms with Gasteiger partial charge in [0.1, 0.15) is 33.5 Å². The third-order valence-corrected chi connectivity index (χ3v) is 24.1. The predicted octanol–water partition coefficient (Wildman–Crippen LogP) is 34.5. The van der Waals surface area contributed by atoms with Crippen LogP contribution in [0.25, 0.3) is 175 Å². The average molecular weight is 1710 g/mol. The van der Waals surface area contributed by atoms with E-state index in [2.05, 4.69) is 401 Å². The lowest BCUT2D eigenvalue weighted by atomic mass is 9.93. The molecule has 7 heteroatoms. The van der Waals surface area contributed by atoms with Crippen molar-refractivity contribution in [2.24, 2.45) is 0 Å². The summed E-state index contributed by atoms with van der Waals surface area (Å²) in [5.74, 6) is 0. The summed E-state index contributed by atoms with van der Waals surface area (Å²) in [5, 5.41) is 22.0. The van der Waals surface area contributed by atoms with Crippen LogP contribution in [-0.4, -0.2) is 0 Å². The van der Waals surface area contributed by atoms with Crippen LogP contribution in [0.1, 0.15) is 18.6 Å². The summed E-state index contributed by atoms with van der Waals surface area (Å²) in [4.78, 5) is 2.36. The summed E-state index contributed by atoms with van der Waals surface area (Å²) < 4.78 is 20.3. The first-order valence-corrected chi connectivity index (χ1v) is 42.6. The Labute approximate surface area is 730 Å². The average Bonchev–Trinajstić information content (AvgIpc) is 1.55. The Hall–Kier alpha value is -14.9. The number of hydrogen-bond donors (Lipinski definition) is 1. The number of nitrogens with two attached hydrogens (primary N) is 1. The van der Waals surface area contributed by atoms with E-state index in [4.69, 9.17) is 19.0 Å². The smallest absolute Gasteiger partial charge is 0.137 e. The molecule has 0 saturated heterocycles. The van der Waals surface area contributed by atoms with Crippen molar-refractivity contribution in [2.45, 2.75) is 13.8 Å². The van der Waals surface area contributed by atoms with Crippen LogP contribution in [0.2, 0.25) is 0 Å². The molecule has 2 N–H and O–H groups in total. The lowest BCUT2D eigenvalue weighted by molar-refractivity contribution is 0.668. The quantitative estimate of drug-likeness (QED) is 0.115. The number of anilines is 4. The van der Waals surface area contributed by atoms with Crippen molar-refractivity contribution < 1.29 is 13.3 Å². The number of halogens is 2. The van der Waals surface area contributed by atoms with Crippen molar-refractivity contribution in [3.05, 3.63) is 469 Å². The Morgan fingerprint density at radius 2 is 0.520 bits per heavy atom. The molecule has 0 atom stereocenters. The van der Waals surface area contributed by atoms with E-state index in [1.165, 1.54) is 136 Å². The van der Waals surface area contributed by atoms with Gasteiger partial charge in [0.05, 0.1) is 5.69 Å². The summed E-state index contributed by atoms with van der Waals surface area (Å²) in [6.07, 6.45) is 0.887. The van der Waals surface area contributed by atoms with Crippen LogP contribution in [0.3, 0.4) is 0 Å². The molecule has 24 aromatic rings. The molecule has 5 nitrogen and oxygen atoms in total. The van der Waals surface area contributed by atoms with Crippen LogP contribution < -0.4 is 10.6 Å². The minimum Gasteiger partial charge on any atom is -0.456 e. The molecular weight excluding hydrogens is 1630 g/mol. The molecule has 123 heavy (non-hydrogen) atoms. The SMILES string of the molecule is Brc1ccc(-c2ccc(-c3ccccc3)cc2)cc1.Brc1ccc2c(c1)oc1ccccc12.C.Nc1cc2ccccc2c2ccccc12.c1ccc(-c2ccc(-c3ccc(N(c4ccc5c(c4)oc4ccccc45)c4cc5ccccc5c5ccccc45)cc3)cc2)cc1.c1ccc2c(c1)cc(Cc1ccc3c(c1)oc1ccccc13)c1ccccc12. The normalized spacial score (nSPS) is 11.2. The van der Waals surface area contributed by atoms with Crippen LogP contribution in [0.4, 0.5) is 22.7 Å². The molecule has 0 amide bonds. The molecule has 0 saturated carbocycles. The number of nitrogen functional groups attached to an aromatic ring is 1. The van der Waals surface area contributed by atoms with E-state index in [0.29, 0.717) is 0 Å². The summed E-state index contributed by atoms with van der Waals surface area (Å²) >= 11 is 6.89. The summed E-state index contributed by atoms with van der Waals surface area (Å²) in [7, 11) is 0. The van der Waals surface area contributed by atoms with Crippen LogP contribution in [0.15, 0.2) is 471 Å². The number of furan rings is 3. The molecule has 0 radical (unpaired) electrons. The van der Waals surface area contributed by atoms with Gasteiger partial charge in [-0.2, -0.15) is 0 Å². The van der Waals surface area contributed by atoms with E-state index in [0.717, 1.165) is 87.8 Å². The third-order valence-electron chi connectivity index (χ3n) is 23.1. The van der Waals surface area contributed by atoms with Crippen molar-refractivity contribution in [1.82, 2.24) is 0 Å². The highest BCUT2D eigenvalue weighted by molar-refractivity contribution is 9.10. The number of fused-ring (bicyclic) bond motifs is 18. The zero-order valence-electron chi connectivity index (χ0n) is 66.4. The monoisotopic (exact) mass is 1710 g/mol. The Kier molecular flexibility index (Phi) is 22.1. The Bertz CT molecular complexity index is 7940. The van der Waals surface area contributed by atoms with Gasteiger partial charge in [-0.15, -0.1) is 0 Å². The zero-order chi connectivity index (χ0) is 81.8. The van der Waals surface area contributed by atoms with E-state index in [1.807, 2.05) is 84.9 Å². The first kappa shape index (κ1) is 78.0. The van der Waals surface area contributed by atoms with Crippen molar-refractivity contribution in [3.63, 3.8) is 0 Å². The van der Waals surface area contributed by atoms with Crippen molar-refractivity contribution in [1.29, 1.82) is 0 Å². The number of rotatable bonds is 9. The van der Waals surface area contributed by atoms with Crippen LogP contribution in [0.5, 0.6) is 0 Å². The predicted molar refractivity (Wildman–Crippen MR) is 531 cm³/mol. The number of hydrogen-bond acceptors (Lipinski definition) is 5. The lowest BCUT2D eigenvalue weighted by Crippen LogP contribution is -2.10. The van der Waals surface area contributed by atoms with E-state index in [9.17, 15) is 0 Å². The van der Waals surface area contributed by atoms with Gasteiger partial charge in [0.25, 0.3) is 0 Å². The third kappa shape index (κ3) is 16.1. The second kappa shape index (κ2) is 34.8. The van der Waals surface area contributed by atoms with Gasteiger partial charge in [-0.05, 0) is 207 Å². The van der Waals surface area contributed by atoms with Gasteiger partial charge in [0.2, 0.25) is 0 Å². The molecule has 21 aromatic carbocycles. The Morgan fingerprint density at radius 3 is 1.01 bits per heavy atom. The second-order valence-corrected chi connectivity index (χ2v) is 32.4. The van der Waals surface area contributed by atoms with E-state index in [1.54, 1.807) is 0 Å². The van der Waals surface area contributed by atoms with Crippen LogP contribution in [-0.2, 0) is 6.42 Å². The highest BCUT2D eigenvalue weighted by Gasteiger charge is 2.21. The first-order valence-electron chi connectivity index (χ1n) is 41.0. The highest BCUT2D eigenvalue weighted by atomic mass is 79.9. The minimum atomic E-state index is 0. The van der Waals surface area contributed by atoms with Gasteiger partial charge >= 0.3 is 0 Å². The molecule has 24 rings (SSSR count). The van der Waals surface area contributed by atoms with Gasteiger partial charge in [0.15, 0.2) is 0 Å². The topological polar surface area (TPSA) is 68.7 Å². The Balaban J connectivity index is 0.000000110. The van der Waals surface area contributed by atoms with E-state index in [-0.39, 0.29) is 7.43 Å². The Morgan fingerprint density at radius 1 is 0.211 bits per heavy atom. The minimum absolute atomic E-state index is 0. The lowest BCUT2D eigenvalue weighted by Gasteiger charge is -2.27. The molecule has 0 fully saturated rings. The maximum absolute atomic E-state index is 6.36. The summed E-state index contributed by atoms with van der Waals surface area (Å²) in [6, 6.07) is 158.